The van der Waals surface area contributed by atoms with Gasteiger partial charge in [0.1, 0.15) is 0 Å². The molecule has 2 aromatic carbocycles. The van der Waals surface area contributed by atoms with Gasteiger partial charge in [0, 0.05) is 35.8 Å². The number of nitrogens with zero attached hydrogens (tertiary/aromatic N) is 4. The lowest BCUT2D eigenvalue weighted by atomic mass is 9.65. The second-order valence-electron chi connectivity index (χ2n) is 13.3. The minimum absolute atomic E-state index is 0.0803. The molecule has 0 radical (unpaired) electrons. The molecule has 4 fully saturated rings. The van der Waals surface area contributed by atoms with Gasteiger partial charge in [0.15, 0.2) is 36.2 Å². The molecule has 4 atom stereocenters. The average molecular weight is 635 g/mol. The summed E-state index contributed by atoms with van der Waals surface area (Å²) in [7, 11) is 11.2. The first kappa shape index (κ1) is 32.4. The lowest BCUT2D eigenvalue weighted by Gasteiger charge is -2.42. The normalized spacial score (nSPS) is 29.8. The van der Waals surface area contributed by atoms with Crippen LogP contribution in [0.1, 0.15) is 62.5 Å². The monoisotopic (exact) mass is 634 g/mol. The van der Waals surface area contributed by atoms with Crippen LogP contribution in [0.25, 0.3) is 0 Å². The van der Waals surface area contributed by atoms with Gasteiger partial charge >= 0.3 is 0 Å². The lowest BCUT2D eigenvalue weighted by molar-refractivity contribution is 0.0514. The standard InChI is InChI=1S/C36H50N4O6/c1-39-17-15-35(25-7-9-29(41-3)31(21-25)43-5)13-11-27(23-33(35)39)37-45-19-20-46-38-28-12-14-36(16-18-40(2)34(36)24-28)26-8-10-30(42-4)32(22-26)44-6/h7-10,21-22,33-34H,11-20,23-24H2,1-6H3/b37-27+,38-28+/t33-,34-,35-,36-/m0/s1. The Kier molecular flexibility index (Phi) is 9.66. The van der Waals surface area contributed by atoms with Crippen molar-refractivity contribution in [3.8, 4) is 23.0 Å². The summed E-state index contributed by atoms with van der Waals surface area (Å²) in [5.41, 5.74) is 5.03. The molecule has 0 aromatic heterocycles. The van der Waals surface area contributed by atoms with Crippen LogP contribution in [0.2, 0.25) is 0 Å². The number of benzene rings is 2. The number of ether oxygens (including phenoxy) is 4. The highest BCUT2D eigenvalue weighted by molar-refractivity contribution is 5.86. The summed E-state index contributed by atoms with van der Waals surface area (Å²) in [6.45, 7) is 2.88. The molecule has 2 saturated carbocycles. The fourth-order valence-corrected chi connectivity index (χ4v) is 8.68. The molecule has 46 heavy (non-hydrogen) atoms. The average Bonchev–Trinajstić information content (AvgIpc) is 3.62. The third-order valence-corrected chi connectivity index (χ3v) is 11.3. The van der Waals surface area contributed by atoms with Crippen molar-refractivity contribution < 1.29 is 28.6 Å². The summed E-state index contributed by atoms with van der Waals surface area (Å²) in [4.78, 5) is 16.5. The molecule has 0 bridgehead atoms. The predicted octanol–water partition coefficient (Wildman–Crippen LogP) is 5.42. The Morgan fingerprint density at radius 2 is 1.02 bits per heavy atom. The van der Waals surface area contributed by atoms with Gasteiger partial charge in [0.05, 0.1) is 39.9 Å². The SMILES string of the molecule is COc1ccc([C@@]23CC/C(=N\OCCO/N=C4\CC[C@@]5(c6ccc(OC)c(OC)c6)CCN(C)[C@H]5C4)C[C@@H]2N(C)CC3)cc1OC. The van der Waals surface area contributed by atoms with Crippen LogP contribution in [0.5, 0.6) is 23.0 Å². The maximum Gasteiger partial charge on any atom is 0.161 e. The fraction of sp³-hybridized carbons (Fsp3) is 0.611. The highest BCUT2D eigenvalue weighted by Crippen LogP contribution is 2.50. The number of fused-ring (bicyclic) bond motifs is 2. The van der Waals surface area contributed by atoms with Crippen molar-refractivity contribution in [3.63, 3.8) is 0 Å². The summed E-state index contributed by atoms with van der Waals surface area (Å²) in [6.07, 6.45) is 7.93. The van der Waals surface area contributed by atoms with Crippen molar-refractivity contribution in [2.75, 3.05) is 68.8 Å². The number of likely N-dealkylation sites (N-methyl/N-ethyl adjacent to an activating group) is 2. The van der Waals surface area contributed by atoms with Crippen LogP contribution in [0, 0.1) is 0 Å². The summed E-state index contributed by atoms with van der Waals surface area (Å²) in [5, 5.41) is 9.12. The van der Waals surface area contributed by atoms with Gasteiger partial charge in [0.2, 0.25) is 0 Å². The van der Waals surface area contributed by atoms with Gasteiger partial charge in [-0.15, -0.1) is 0 Å². The molecule has 4 aliphatic rings. The molecule has 2 aliphatic carbocycles. The molecule has 10 nitrogen and oxygen atoms in total. The molecule has 250 valence electrons. The summed E-state index contributed by atoms with van der Waals surface area (Å²) in [5.74, 6) is 3.10. The van der Waals surface area contributed by atoms with Gasteiger partial charge in [-0.05, 0) is 101 Å². The van der Waals surface area contributed by atoms with E-state index in [0.717, 1.165) is 98.9 Å². The minimum atomic E-state index is 0.0803. The van der Waals surface area contributed by atoms with Crippen LogP contribution < -0.4 is 18.9 Å². The highest BCUT2D eigenvalue weighted by atomic mass is 16.7. The van der Waals surface area contributed by atoms with Gasteiger partial charge in [-0.3, -0.25) is 0 Å². The Morgan fingerprint density at radius 3 is 1.41 bits per heavy atom. The van der Waals surface area contributed by atoms with E-state index < -0.39 is 0 Å². The van der Waals surface area contributed by atoms with E-state index in [1.165, 1.54) is 11.1 Å². The van der Waals surface area contributed by atoms with E-state index in [0.29, 0.717) is 25.3 Å². The number of methoxy groups -OCH3 is 4. The first-order valence-electron chi connectivity index (χ1n) is 16.6. The van der Waals surface area contributed by atoms with Crippen molar-refractivity contribution in [3.05, 3.63) is 47.5 Å². The smallest absolute Gasteiger partial charge is 0.161 e. The van der Waals surface area contributed by atoms with Gasteiger partial charge in [-0.25, -0.2) is 0 Å². The molecule has 0 spiro atoms. The van der Waals surface area contributed by atoms with Gasteiger partial charge in [-0.2, -0.15) is 0 Å². The Balaban J connectivity index is 1.02. The zero-order chi connectivity index (χ0) is 32.3. The van der Waals surface area contributed by atoms with Crippen molar-refractivity contribution >= 4 is 11.4 Å². The molecule has 0 amide bonds. The Morgan fingerprint density at radius 1 is 0.609 bits per heavy atom. The molecule has 0 N–H and O–H groups in total. The van der Waals surface area contributed by atoms with E-state index in [-0.39, 0.29) is 10.8 Å². The third-order valence-electron chi connectivity index (χ3n) is 11.3. The van der Waals surface area contributed by atoms with E-state index in [2.05, 4.69) is 58.5 Å². The number of hydrogen-bond acceptors (Lipinski definition) is 10. The number of likely N-dealkylation sites (tertiary alicyclic amines) is 2. The lowest BCUT2D eigenvalue weighted by Crippen LogP contribution is -2.46. The van der Waals surface area contributed by atoms with Crippen LogP contribution in [0.4, 0.5) is 0 Å². The third kappa shape index (κ3) is 5.90. The van der Waals surface area contributed by atoms with Crippen LogP contribution in [-0.4, -0.2) is 102 Å². The second-order valence-corrected chi connectivity index (χ2v) is 13.3. The van der Waals surface area contributed by atoms with Gasteiger partial charge < -0.3 is 38.4 Å². The Labute approximate surface area is 273 Å². The number of rotatable bonds is 11. The zero-order valence-corrected chi connectivity index (χ0v) is 28.3. The molecule has 0 unspecified atom stereocenters. The Bertz CT molecular complexity index is 1340. The number of hydrogen-bond donors (Lipinski definition) is 0. The Hall–Kier alpha value is -3.50. The summed E-state index contributed by atoms with van der Waals surface area (Å²) in [6, 6.07) is 13.5. The molecule has 2 heterocycles. The van der Waals surface area contributed by atoms with Crippen LogP contribution in [0.3, 0.4) is 0 Å². The van der Waals surface area contributed by atoms with Crippen LogP contribution in [0.15, 0.2) is 46.7 Å². The molecule has 2 aromatic rings. The quantitative estimate of drug-likeness (QED) is 0.239. The van der Waals surface area contributed by atoms with Crippen LogP contribution in [-0.2, 0) is 20.5 Å². The van der Waals surface area contributed by atoms with E-state index in [4.69, 9.17) is 28.6 Å². The zero-order valence-electron chi connectivity index (χ0n) is 28.3. The van der Waals surface area contributed by atoms with E-state index >= 15 is 0 Å². The predicted molar refractivity (Wildman–Crippen MR) is 179 cm³/mol. The van der Waals surface area contributed by atoms with Crippen molar-refractivity contribution in [1.82, 2.24) is 9.80 Å². The molecule has 2 aliphatic heterocycles. The van der Waals surface area contributed by atoms with Gasteiger partial charge in [0.25, 0.3) is 0 Å². The first-order valence-corrected chi connectivity index (χ1v) is 16.6. The second kappa shape index (κ2) is 13.7. The first-order chi connectivity index (χ1) is 22.4. The molecule has 10 heteroatoms. The minimum Gasteiger partial charge on any atom is -0.493 e. The molecule has 6 rings (SSSR count). The maximum atomic E-state index is 5.76. The topological polar surface area (TPSA) is 86.6 Å². The largest absolute Gasteiger partial charge is 0.493 e. The number of oxime groups is 2. The summed E-state index contributed by atoms with van der Waals surface area (Å²) < 4.78 is 22.2. The molecular formula is C36H50N4O6. The molecular weight excluding hydrogens is 584 g/mol. The van der Waals surface area contributed by atoms with E-state index in [1.54, 1.807) is 28.4 Å². The van der Waals surface area contributed by atoms with E-state index in [1.807, 2.05) is 12.1 Å². The van der Waals surface area contributed by atoms with Gasteiger partial charge in [-0.1, -0.05) is 22.4 Å². The fourth-order valence-electron chi connectivity index (χ4n) is 8.68. The summed E-state index contributed by atoms with van der Waals surface area (Å²) >= 11 is 0. The maximum absolute atomic E-state index is 5.76. The van der Waals surface area contributed by atoms with Crippen molar-refractivity contribution in [1.29, 1.82) is 0 Å². The van der Waals surface area contributed by atoms with Crippen LogP contribution >= 0.6 is 0 Å². The van der Waals surface area contributed by atoms with E-state index in [9.17, 15) is 0 Å². The van der Waals surface area contributed by atoms with Crippen molar-refractivity contribution in [2.45, 2.75) is 74.3 Å². The molecule has 2 saturated heterocycles. The van der Waals surface area contributed by atoms with Crippen molar-refractivity contribution in [2.24, 2.45) is 10.3 Å². The highest BCUT2D eigenvalue weighted by Gasteiger charge is 2.51.